The number of aliphatic carboxylic acids is 1. The summed E-state index contributed by atoms with van der Waals surface area (Å²) in [5, 5.41) is 9.64. The normalized spacial score (nSPS) is 22.2. The highest BCUT2D eigenvalue weighted by Gasteiger charge is 2.48. The van der Waals surface area contributed by atoms with Crippen LogP contribution in [0.4, 0.5) is 10.2 Å². The van der Waals surface area contributed by atoms with Crippen LogP contribution in [0, 0.1) is 5.82 Å². The lowest BCUT2D eigenvalue weighted by molar-refractivity contribution is -0.143. The second-order valence-corrected chi connectivity index (χ2v) is 5.15. The zero-order valence-electron chi connectivity index (χ0n) is 11.9. The molecule has 5 nitrogen and oxygen atoms in total. The lowest BCUT2D eigenvalue weighted by Gasteiger charge is -2.35. The molecule has 0 radical (unpaired) electrons. The predicted octanol–water partition coefficient (Wildman–Crippen LogP) is 2.40. The minimum Gasteiger partial charge on any atom is -0.479 e. The molecule has 2 rings (SSSR count). The molecule has 0 aliphatic carbocycles. The molecule has 1 aliphatic rings. The van der Waals surface area contributed by atoms with Gasteiger partial charge in [0.05, 0.1) is 5.69 Å². The molecule has 6 heteroatoms. The van der Waals surface area contributed by atoms with Gasteiger partial charge in [0.2, 0.25) is 0 Å². The number of aryl methyl sites for hydroxylation is 1. The summed E-state index contributed by atoms with van der Waals surface area (Å²) in [6, 6.07) is 0. The molecule has 1 aliphatic heterocycles. The SMILES string of the molecule is CCCC1(C(=O)O)CCCN1c1ncnc(CC)c1F. The standard InChI is InChI=1S/C14H20FN3O2/c1-3-6-14(13(19)20)7-5-8-18(14)12-11(15)10(4-2)16-9-17-12/h9H,3-8H2,1-2H3,(H,19,20). The molecule has 1 aromatic rings. The summed E-state index contributed by atoms with van der Waals surface area (Å²) >= 11 is 0. The Morgan fingerprint density at radius 1 is 1.50 bits per heavy atom. The third kappa shape index (κ3) is 2.23. The first-order valence-electron chi connectivity index (χ1n) is 7.07. The Morgan fingerprint density at radius 3 is 2.85 bits per heavy atom. The monoisotopic (exact) mass is 281 g/mol. The lowest BCUT2D eigenvalue weighted by atomic mass is 9.90. The van der Waals surface area contributed by atoms with Crippen LogP contribution in [0.3, 0.4) is 0 Å². The molecular weight excluding hydrogens is 261 g/mol. The number of hydrogen-bond donors (Lipinski definition) is 1. The number of carboxylic acid groups (broad SMARTS) is 1. The van der Waals surface area contributed by atoms with E-state index in [0.717, 1.165) is 12.8 Å². The van der Waals surface area contributed by atoms with Crippen molar-refractivity contribution in [3.8, 4) is 0 Å². The van der Waals surface area contributed by atoms with E-state index in [9.17, 15) is 14.3 Å². The van der Waals surface area contributed by atoms with Crippen molar-refractivity contribution in [3.05, 3.63) is 17.8 Å². The molecule has 1 unspecified atom stereocenters. The van der Waals surface area contributed by atoms with Crippen LogP contribution in [0.2, 0.25) is 0 Å². The largest absolute Gasteiger partial charge is 0.479 e. The second kappa shape index (κ2) is 5.73. The first kappa shape index (κ1) is 14.7. The van der Waals surface area contributed by atoms with Crippen molar-refractivity contribution in [2.24, 2.45) is 0 Å². The molecule has 0 bridgehead atoms. The molecule has 1 fully saturated rings. The second-order valence-electron chi connectivity index (χ2n) is 5.15. The van der Waals surface area contributed by atoms with Crippen molar-refractivity contribution in [1.29, 1.82) is 0 Å². The summed E-state index contributed by atoms with van der Waals surface area (Å²) in [7, 11) is 0. The van der Waals surface area contributed by atoms with Gasteiger partial charge < -0.3 is 10.0 Å². The van der Waals surface area contributed by atoms with Crippen molar-refractivity contribution in [3.63, 3.8) is 0 Å². The maximum absolute atomic E-state index is 14.4. The molecule has 1 atom stereocenters. The van der Waals surface area contributed by atoms with Crippen LogP contribution in [0.1, 0.15) is 45.2 Å². The first-order chi connectivity index (χ1) is 9.56. The number of aromatic nitrogens is 2. The van der Waals surface area contributed by atoms with Crippen molar-refractivity contribution in [2.75, 3.05) is 11.4 Å². The summed E-state index contributed by atoms with van der Waals surface area (Å²) in [6.07, 6.45) is 4.26. The van der Waals surface area contributed by atoms with Crippen molar-refractivity contribution >= 4 is 11.8 Å². The molecule has 110 valence electrons. The molecule has 1 saturated heterocycles. The van der Waals surface area contributed by atoms with Gasteiger partial charge >= 0.3 is 5.97 Å². The molecular formula is C14H20FN3O2. The fourth-order valence-electron chi connectivity index (χ4n) is 3.02. The number of halogens is 1. The van der Waals surface area contributed by atoms with Crippen LogP contribution in [0.5, 0.6) is 0 Å². The third-order valence-electron chi connectivity index (χ3n) is 3.98. The summed E-state index contributed by atoms with van der Waals surface area (Å²) < 4.78 is 14.4. The molecule has 0 saturated carbocycles. The highest BCUT2D eigenvalue weighted by atomic mass is 19.1. The minimum absolute atomic E-state index is 0.130. The lowest BCUT2D eigenvalue weighted by Crippen LogP contribution is -2.51. The van der Waals surface area contributed by atoms with E-state index < -0.39 is 17.3 Å². The van der Waals surface area contributed by atoms with Gasteiger partial charge in [-0.25, -0.2) is 19.2 Å². The summed E-state index contributed by atoms with van der Waals surface area (Å²) in [5.41, 5.74) is -0.702. The van der Waals surface area contributed by atoms with Gasteiger partial charge in [-0.05, 0) is 25.7 Å². The van der Waals surface area contributed by atoms with Gasteiger partial charge in [-0.1, -0.05) is 20.3 Å². The van der Waals surface area contributed by atoms with E-state index in [1.807, 2.05) is 13.8 Å². The Labute approximate surface area is 117 Å². The molecule has 1 N–H and O–H groups in total. The Hall–Kier alpha value is -1.72. The van der Waals surface area contributed by atoms with Gasteiger partial charge in [0.1, 0.15) is 11.9 Å². The molecule has 2 heterocycles. The van der Waals surface area contributed by atoms with Crippen LogP contribution < -0.4 is 4.90 Å². The van der Waals surface area contributed by atoms with Gasteiger partial charge in [-0.3, -0.25) is 0 Å². The number of hydrogen-bond acceptors (Lipinski definition) is 4. The van der Waals surface area contributed by atoms with Crippen LogP contribution in [-0.2, 0) is 11.2 Å². The molecule has 20 heavy (non-hydrogen) atoms. The summed E-state index contributed by atoms with van der Waals surface area (Å²) in [5.74, 6) is -1.25. The number of carboxylic acids is 1. The Morgan fingerprint density at radius 2 is 2.25 bits per heavy atom. The number of anilines is 1. The van der Waals surface area contributed by atoms with E-state index in [4.69, 9.17) is 0 Å². The average molecular weight is 281 g/mol. The molecule has 0 aromatic carbocycles. The van der Waals surface area contributed by atoms with E-state index >= 15 is 0 Å². The summed E-state index contributed by atoms with van der Waals surface area (Å²) in [6.45, 7) is 4.27. The van der Waals surface area contributed by atoms with Crippen LogP contribution in [-0.4, -0.2) is 33.1 Å². The quantitative estimate of drug-likeness (QED) is 0.897. The first-order valence-corrected chi connectivity index (χ1v) is 7.07. The fraction of sp³-hybridized carbons (Fsp3) is 0.643. The summed E-state index contributed by atoms with van der Waals surface area (Å²) in [4.78, 5) is 21.3. The fourth-order valence-corrected chi connectivity index (χ4v) is 3.02. The van der Waals surface area contributed by atoms with E-state index in [0.29, 0.717) is 31.5 Å². The van der Waals surface area contributed by atoms with Crippen molar-refractivity contribution < 1.29 is 14.3 Å². The van der Waals surface area contributed by atoms with Crippen LogP contribution in [0.15, 0.2) is 6.33 Å². The molecule has 1 aromatic heterocycles. The van der Waals surface area contributed by atoms with Crippen LogP contribution in [0.25, 0.3) is 0 Å². The van der Waals surface area contributed by atoms with Gasteiger partial charge in [0.25, 0.3) is 0 Å². The molecule has 0 spiro atoms. The van der Waals surface area contributed by atoms with Crippen molar-refractivity contribution in [2.45, 2.75) is 51.5 Å². The minimum atomic E-state index is -1.03. The Balaban J connectivity index is 2.47. The van der Waals surface area contributed by atoms with Gasteiger partial charge in [0.15, 0.2) is 11.6 Å². The average Bonchev–Trinajstić information content (AvgIpc) is 2.84. The Kier molecular flexibility index (Phi) is 4.20. The zero-order chi connectivity index (χ0) is 14.8. The van der Waals surface area contributed by atoms with Crippen molar-refractivity contribution in [1.82, 2.24) is 9.97 Å². The third-order valence-corrected chi connectivity index (χ3v) is 3.98. The Bertz CT molecular complexity index is 509. The molecule has 0 amide bonds. The van der Waals surface area contributed by atoms with Crippen LogP contribution >= 0.6 is 0 Å². The van der Waals surface area contributed by atoms with E-state index in [1.54, 1.807) is 4.90 Å². The number of rotatable bonds is 5. The topological polar surface area (TPSA) is 66.3 Å². The van der Waals surface area contributed by atoms with E-state index in [2.05, 4.69) is 9.97 Å². The predicted molar refractivity (Wildman–Crippen MR) is 73.2 cm³/mol. The smallest absolute Gasteiger partial charge is 0.329 e. The van der Waals surface area contributed by atoms with E-state index in [1.165, 1.54) is 6.33 Å². The zero-order valence-corrected chi connectivity index (χ0v) is 11.9. The highest BCUT2D eigenvalue weighted by molar-refractivity contribution is 5.84. The maximum atomic E-state index is 14.4. The number of nitrogens with zero attached hydrogens (tertiary/aromatic N) is 3. The van der Waals surface area contributed by atoms with Gasteiger partial charge in [-0.2, -0.15) is 0 Å². The van der Waals surface area contributed by atoms with Gasteiger partial charge in [-0.15, -0.1) is 0 Å². The van der Waals surface area contributed by atoms with Gasteiger partial charge in [0, 0.05) is 6.54 Å². The van der Waals surface area contributed by atoms with E-state index in [-0.39, 0.29) is 5.82 Å². The highest BCUT2D eigenvalue weighted by Crippen LogP contribution is 2.38. The number of carbonyl (C=O) groups is 1. The maximum Gasteiger partial charge on any atom is 0.329 e.